The Labute approximate surface area is 113 Å². The highest BCUT2D eigenvalue weighted by Crippen LogP contribution is 2.47. The highest BCUT2D eigenvalue weighted by atomic mass is 35.5. The molecular weight excluding hydrogens is 249 g/mol. The Hall–Kier alpha value is -0.600. The first-order valence-corrected chi connectivity index (χ1v) is 7.25. The zero-order valence-electron chi connectivity index (χ0n) is 10.5. The minimum Gasteiger partial charge on any atom is -0.312 e. The van der Waals surface area contributed by atoms with E-state index in [9.17, 15) is 4.39 Å². The van der Waals surface area contributed by atoms with Crippen LogP contribution in [0, 0.1) is 23.6 Å². The van der Waals surface area contributed by atoms with Gasteiger partial charge in [0.25, 0.3) is 0 Å². The summed E-state index contributed by atoms with van der Waals surface area (Å²) in [6.45, 7) is 1.55. The quantitative estimate of drug-likeness (QED) is 0.869. The van der Waals surface area contributed by atoms with Gasteiger partial charge in [0.05, 0.1) is 0 Å². The number of benzene rings is 1. The van der Waals surface area contributed by atoms with Gasteiger partial charge in [0, 0.05) is 17.1 Å². The average molecular weight is 268 g/mol. The molecule has 2 aliphatic carbocycles. The fourth-order valence-electron chi connectivity index (χ4n) is 3.71. The van der Waals surface area contributed by atoms with E-state index in [1.165, 1.54) is 31.7 Å². The molecule has 1 nitrogen and oxygen atoms in total. The molecule has 3 unspecified atom stereocenters. The molecule has 2 saturated carbocycles. The number of hydrogen-bond acceptors (Lipinski definition) is 1. The molecule has 0 aromatic heterocycles. The summed E-state index contributed by atoms with van der Waals surface area (Å²) < 4.78 is 13.6. The number of halogens is 2. The van der Waals surface area contributed by atoms with E-state index in [1.54, 1.807) is 12.1 Å². The second-order valence-electron chi connectivity index (χ2n) is 5.77. The van der Waals surface area contributed by atoms with E-state index in [0.717, 1.165) is 24.3 Å². The van der Waals surface area contributed by atoms with E-state index in [2.05, 4.69) is 5.32 Å². The van der Waals surface area contributed by atoms with Gasteiger partial charge in [0.1, 0.15) is 5.82 Å². The molecule has 2 bridgehead atoms. The molecule has 0 aliphatic heterocycles. The normalized spacial score (nSPS) is 30.0. The SMILES string of the molecule is Fc1cccc(Cl)c1CNCC1CC2CCC1C2. The molecule has 18 heavy (non-hydrogen) atoms. The fraction of sp³-hybridized carbons (Fsp3) is 0.600. The smallest absolute Gasteiger partial charge is 0.129 e. The maximum Gasteiger partial charge on any atom is 0.129 e. The van der Waals surface area contributed by atoms with Crippen molar-refractivity contribution in [2.45, 2.75) is 32.2 Å². The van der Waals surface area contributed by atoms with Crippen LogP contribution in [0.4, 0.5) is 4.39 Å². The predicted molar refractivity (Wildman–Crippen MR) is 72.1 cm³/mol. The molecule has 0 spiro atoms. The molecule has 0 saturated heterocycles. The first-order valence-electron chi connectivity index (χ1n) is 6.87. The van der Waals surface area contributed by atoms with Gasteiger partial charge in [-0.2, -0.15) is 0 Å². The van der Waals surface area contributed by atoms with Gasteiger partial charge in [-0.05, 0) is 55.7 Å². The van der Waals surface area contributed by atoms with Crippen LogP contribution in [-0.4, -0.2) is 6.54 Å². The van der Waals surface area contributed by atoms with Gasteiger partial charge in [-0.1, -0.05) is 24.1 Å². The van der Waals surface area contributed by atoms with Crippen molar-refractivity contribution in [3.8, 4) is 0 Å². The first kappa shape index (κ1) is 12.4. The van der Waals surface area contributed by atoms with Crippen molar-refractivity contribution in [1.29, 1.82) is 0 Å². The topological polar surface area (TPSA) is 12.0 Å². The third-order valence-corrected chi connectivity index (χ3v) is 5.01. The van der Waals surface area contributed by atoms with Crippen LogP contribution in [0.3, 0.4) is 0 Å². The van der Waals surface area contributed by atoms with Crippen LogP contribution >= 0.6 is 11.6 Å². The third kappa shape index (κ3) is 2.41. The monoisotopic (exact) mass is 267 g/mol. The van der Waals surface area contributed by atoms with Crippen LogP contribution in [0.2, 0.25) is 5.02 Å². The summed E-state index contributed by atoms with van der Waals surface area (Å²) in [5.41, 5.74) is 0.599. The molecule has 0 heterocycles. The summed E-state index contributed by atoms with van der Waals surface area (Å²) >= 11 is 6.01. The summed E-state index contributed by atoms with van der Waals surface area (Å²) in [6, 6.07) is 4.87. The molecular formula is C15H19ClFN. The minimum atomic E-state index is -0.206. The summed E-state index contributed by atoms with van der Waals surface area (Å²) in [4.78, 5) is 0. The first-order chi connectivity index (χ1) is 8.74. The number of hydrogen-bond donors (Lipinski definition) is 1. The van der Waals surface area contributed by atoms with Crippen LogP contribution < -0.4 is 5.32 Å². The van der Waals surface area contributed by atoms with Crippen molar-refractivity contribution in [2.75, 3.05) is 6.54 Å². The van der Waals surface area contributed by atoms with Gasteiger partial charge in [-0.15, -0.1) is 0 Å². The Kier molecular flexibility index (Phi) is 3.58. The Morgan fingerprint density at radius 1 is 1.28 bits per heavy atom. The molecule has 0 radical (unpaired) electrons. The van der Waals surface area contributed by atoms with Gasteiger partial charge < -0.3 is 5.32 Å². The van der Waals surface area contributed by atoms with E-state index >= 15 is 0 Å². The van der Waals surface area contributed by atoms with Gasteiger partial charge in [0.2, 0.25) is 0 Å². The van der Waals surface area contributed by atoms with Gasteiger partial charge in [-0.3, -0.25) is 0 Å². The standard InChI is InChI=1S/C15H19ClFN/c16-14-2-1-3-15(17)13(14)9-18-8-12-7-10-4-5-11(12)6-10/h1-3,10-12,18H,4-9H2. The highest BCUT2D eigenvalue weighted by molar-refractivity contribution is 6.31. The van der Waals surface area contributed by atoms with E-state index in [0.29, 0.717) is 17.1 Å². The van der Waals surface area contributed by atoms with Crippen molar-refractivity contribution in [2.24, 2.45) is 17.8 Å². The van der Waals surface area contributed by atoms with E-state index in [4.69, 9.17) is 11.6 Å². The zero-order chi connectivity index (χ0) is 12.5. The van der Waals surface area contributed by atoms with Crippen molar-refractivity contribution in [1.82, 2.24) is 5.32 Å². The summed E-state index contributed by atoms with van der Waals surface area (Å²) in [6.07, 6.45) is 5.62. The van der Waals surface area contributed by atoms with Crippen LogP contribution in [0.5, 0.6) is 0 Å². The Balaban J connectivity index is 1.53. The zero-order valence-corrected chi connectivity index (χ0v) is 11.2. The molecule has 2 fully saturated rings. The second-order valence-corrected chi connectivity index (χ2v) is 6.17. The summed E-state index contributed by atoms with van der Waals surface area (Å²) in [5, 5.41) is 3.91. The number of rotatable bonds is 4. The van der Waals surface area contributed by atoms with Crippen LogP contribution in [0.25, 0.3) is 0 Å². The number of nitrogens with one attached hydrogen (secondary N) is 1. The summed E-state index contributed by atoms with van der Waals surface area (Å²) in [7, 11) is 0. The molecule has 1 N–H and O–H groups in total. The molecule has 3 atom stereocenters. The molecule has 2 aliphatic rings. The largest absolute Gasteiger partial charge is 0.312 e. The minimum absolute atomic E-state index is 0.206. The molecule has 3 rings (SSSR count). The maximum atomic E-state index is 13.6. The average Bonchev–Trinajstić information content (AvgIpc) is 2.95. The fourth-order valence-corrected chi connectivity index (χ4v) is 3.94. The molecule has 0 amide bonds. The molecule has 3 heteroatoms. The summed E-state index contributed by atoms with van der Waals surface area (Å²) in [5.74, 6) is 2.48. The Bertz CT molecular complexity index is 414. The van der Waals surface area contributed by atoms with Crippen molar-refractivity contribution in [3.05, 3.63) is 34.6 Å². The lowest BCUT2D eigenvalue weighted by Gasteiger charge is -2.22. The van der Waals surface area contributed by atoms with Crippen molar-refractivity contribution >= 4 is 11.6 Å². The molecule has 98 valence electrons. The Morgan fingerprint density at radius 2 is 2.17 bits per heavy atom. The predicted octanol–water partition coefficient (Wildman–Crippen LogP) is 4.00. The lowest BCUT2D eigenvalue weighted by molar-refractivity contribution is 0.318. The molecule has 1 aromatic carbocycles. The van der Waals surface area contributed by atoms with E-state index < -0.39 is 0 Å². The third-order valence-electron chi connectivity index (χ3n) is 4.65. The Morgan fingerprint density at radius 3 is 2.83 bits per heavy atom. The van der Waals surface area contributed by atoms with Gasteiger partial charge >= 0.3 is 0 Å². The number of fused-ring (bicyclic) bond motifs is 2. The highest BCUT2D eigenvalue weighted by Gasteiger charge is 2.38. The van der Waals surface area contributed by atoms with Crippen LogP contribution in [0.1, 0.15) is 31.2 Å². The van der Waals surface area contributed by atoms with E-state index in [-0.39, 0.29) is 5.82 Å². The maximum absolute atomic E-state index is 13.6. The van der Waals surface area contributed by atoms with Crippen LogP contribution in [0.15, 0.2) is 18.2 Å². The van der Waals surface area contributed by atoms with Crippen LogP contribution in [-0.2, 0) is 6.54 Å². The van der Waals surface area contributed by atoms with Gasteiger partial charge in [0.15, 0.2) is 0 Å². The van der Waals surface area contributed by atoms with Crippen molar-refractivity contribution < 1.29 is 4.39 Å². The second kappa shape index (κ2) is 5.18. The van der Waals surface area contributed by atoms with E-state index in [1.807, 2.05) is 0 Å². The lowest BCUT2D eigenvalue weighted by atomic mass is 9.89. The molecule has 1 aromatic rings. The lowest BCUT2D eigenvalue weighted by Crippen LogP contribution is -2.26. The van der Waals surface area contributed by atoms with Crippen molar-refractivity contribution in [3.63, 3.8) is 0 Å². The van der Waals surface area contributed by atoms with Gasteiger partial charge in [-0.25, -0.2) is 4.39 Å².